The molecule has 3 atom stereocenters. The number of ether oxygens (including phenoxy) is 1. The molecular weight excluding hydrogens is 815 g/mol. The number of carbonyl (C=O) groups is 2. The number of hydrogen-bond donors (Lipinski definition) is 3. The molecule has 0 fully saturated rings. The predicted molar refractivity (Wildman–Crippen MR) is 287 cm³/mol. The normalized spacial score (nSPS) is 13.1. The Morgan fingerprint density at radius 2 is 0.727 bits per heavy atom. The first-order chi connectivity index (χ1) is 32.5. The summed E-state index contributed by atoms with van der Waals surface area (Å²) in [5.74, 6) is -0.453. The average Bonchev–Trinajstić information content (AvgIpc) is 3.31. The molecule has 6 heteroatoms. The van der Waals surface area contributed by atoms with Crippen LogP contribution in [0.25, 0.3) is 0 Å². The smallest absolute Gasteiger partial charge is 0.306 e. The molecule has 66 heavy (non-hydrogen) atoms. The monoisotopic (exact) mass is 932 g/mol. The Morgan fingerprint density at radius 1 is 0.424 bits per heavy atom. The van der Waals surface area contributed by atoms with Gasteiger partial charge >= 0.3 is 5.97 Å². The molecule has 392 valence electrons. The molecule has 0 aliphatic rings. The quantitative estimate of drug-likeness (QED) is 0.0321. The van der Waals surface area contributed by atoms with Crippen molar-refractivity contribution in [2.75, 3.05) is 6.61 Å². The topological polar surface area (TPSA) is 95.9 Å². The third-order valence-corrected chi connectivity index (χ3v) is 14.1. The van der Waals surface area contributed by atoms with Crippen molar-refractivity contribution in [1.29, 1.82) is 0 Å². The molecule has 0 aromatic rings. The van der Waals surface area contributed by atoms with Crippen LogP contribution in [0, 0.1) is 0 Å². The summed E-state index contributed by atoms with van der Waals surface area (Å²) in [6.45, 7) is 6.53. The van der Waals surface area contributed by atoms with Crippen LogP contribution in [-0.2, 0) is 14.3 Å². The van der Waals surface area contributed by atoms with E-state index in [1.807, 2.05) is 0 Å². The Kier molecular flexibility index (Phi) is 53.4. The van der Waals surface area contributed by atoms with E-state index in [2.05, 4.69) is 38.2 Å². The fraction of sp³-hybridized carbons (Fsp3) is 0.933. The Labute approximate surface area is 412 Å². The molecule has 3 N–H and O–H groups in total. The molecule has 0 bridgehead atoms. The maximum Gasteiger partial charge on any atom is 0.306 e. The van der Waals surface area contributed by atoms with Gasteiger partial charge in [-0.25, -0.2) is 0 Å². The summed E-state index contributed by atoms with van der Waals surface area (Å²) < 4.78 is 5.97. The molecular formula is C60H117NO5. The molecule has 0 aliphatic carbocycles. The zero-order valence-corrected chi connectivity index (χ0v) is 44.9. The number of carbonyl (C=O) groups excluding carboxylic acids is 2. The van der Waals surface area contributed by atoms with Gasteiger partial charge in [-0.3, -0.25) is 9.59 Å². The summed E-state index contributed by atoms with van der Waals surface area (Å²) in [4.78, 5) is 26.3. The fourth-order valence-corrected chi connectivity index (χ4v) is 9.55. The summed E-state index contributed by atoms with van der Waals surface area (Å²) in [6.07, 6.45) is 62.8. The van der Waals surface area contributed by atoms with Gasteiger partial charge < -0.3 is 20.3 Å². The van der Waals surface area contributed by atoms with Gasteiger partial charge in [0.2, 0.25) is 5.91 Å². The molecule has 0 radical (unpaired) electrons. The van der Waals surface area contributed by atoms with Crippen molar-refractivity contribution in [3.05, 3.63) is 12.2 Å². The van der Waals surface area contributed by atoms with Crippen LogP contribution < -0.4 is 5.32 Å². The van der Waals surface area contributed by atoms with Gasteiger partial charge in [0.25, 0.3) is 0 Å². The number of unbranched alkanes of at least 4 members (excludes halogenated alkanes) is 41. The lowest BCUT2D eigenvalue weighted by molar-refractivity contribution is -0.151. The summed E-state index contributed by atoms with van der Waals surface area (Å²) in [7, 11) is 0. The molecule has 0 spiro atoms. The number of esters is 1. The highest BCUT2D eigenvalue weighted by atomic mass is 16.5. The van der Waals surface area contributed by atoms with E-state index < -0.39 is 18.2 Å². The Morgan fingerprint density at radius 3 is 1.08 bits per heavy atom. The van der Waals surface area contributed by atoms with Crippen molar-refractivity contribution in [3.63, 3.8) is 0 Å². The van der Waals surface area contributed by atoms with Crippen LogP contribution in [-0.4, -0.2) is 46.9 Å². The van der Waals surface area contributed by atoms with Crippen molar-refractivity contribution in [2.24, 2.45) is 0 Å². The molecule has 0 aromatic carbocycles. The Hall–Kier alpha value is -1.40. The van der Waals surface area contributed by atoms with Crippen LogP contribution in [0.4, 0.5) is 0 Å². The van der Waals surface area contributed by atoms with Crippen molar-refractivity contribution in [3.8, 4) is 0 Å². The van der Waals surface area contributed by atoms with Crippen molar-refractivity contribution in [2.45, 2.75) is 354 Å². The predicted octanol–water partition coefficient (Wildman–Crippen LogP) is 18.5. The van der Waals surface area contributed by atoms with Gasteiger partial charge in [-0.2, -0.15) is 0 Å². The molecule has 0 aromatic heterocycles. The van der Waals surface area contributed by atoms with E-state index >= 15 is 0 Å². The molecule has 0 rings (SSSR count). The summed E-state index contributed by atoms with van der Waals surface area (Å²) in [5, 5.41) is 23.9. The van der Waals surface area contributed by atoms with Crippen molar-refractivity contribution < 1.29 is 24.5 Å². The van der Waals surface area contributed by atoms with Gasteiger partial charge in [-0.15, -0.1) is 0 Å². The van der Waals surface area contributed by atoms with E-state index in [1.54, 1.807) is 0 Å². The lowest BCUT2D eigenvalue weighted by Gasteiger charge is -2.24. The number of nitrogens with one attached hydrogen (secondary N) is 1. The Bertz CT molecular complexity index is 1000. The maximum atomic E-state index is 13.3. The molecule has 0 saturated carbocycles. The minimum absolute atomic E-state index is 0.0825. The van der Waals surface area contributed by atoms with Crippen molar-refractivity contribution >= 4 is 11.9 Å². The number of amides is 1. The van der Waals surface area contributed by atoms with Crippen LogP contribution >= 0.6 is 0 Å². The molecule has 0 aliphatic heterocycles. The fourth-order valence-electron chi connectivity index (χ4n) is 9.55. The second-order valence-corrected chi connectivity index (χ2v) is 20.8. The summed E-state index contributed by atoms with van der Waals surface area (Å²) in [6, 6.07) is -0.698. The lowest BCUT2D eigenvalue weighted by Crippen LogP contribution is -2.46. The first-order valence-corrected chi connectivity index (χ1v) is 29.9. The van der Waals surface area contributed by atoms with Crippen LogP contribution in [0.5, 0.6) is 0 Å². The van der Waals surface area contributed by atoms with Gasteiger partial charge in [-0.05, 0) is 51.4 Å². The molecule has 1 amide bonds. The number of aliphatic hydroxyl groups is 2. The van der Waals surface area contributed by atoms with E-state index in [-0.39, 0.29) is 24.9 Å². The van der Waals surface area contributed by atoms with E-state index in [9.17, 15) is 19.8 Å². The van der Waals surface area contributed by atoms with Gasteiger partial charge in [0, 0.05) is 6.42 Å². The van der Waals surface area contributed by atoms with E-state index in [1.165, 1.54) is 238 Å². The maximum absolute atomic E-state index is 13.3. The van der Waals surface area contributed by atoms with Crippen LogP contribution in [0.1, 0.15) is 335 Å². The third kappa shape index (κ3) is 49.0. The van der Waals surface area contributed by atoms with E-state index in [0.29, 0.717) is 19.3 Å². The minimum atomic E-state index is -0.784. The highest BCUT2D eigenvalue weighted by Gasteiger charge is 2.24. The van der Waals surface area contributed by atoms with E-state index in [4.69, 9.17) is 4.74 Å². The first-order valence-electron chi connectivity index (χ1n) is 29.9. The highest BCUT2D eigenvalue weighted by Crippen LogP contribution is 2.19. The zero-order valence-electron chi connectivity index (χ0n) is 44.9. The summed E-state index contributed by atoms with van der Waals surface area (Å²) in [5.41, 5.74) is 0. The number of hydrogen-bond acceptors (Lipinski definition) is 5. The second-order valence-electron chi connectivity index (χ2n) is 20.8. The SMILES string of the molecule is CCCCCCCC/C=C/CCCCCCCCCC(CC(=O)NC(CO)C(O)CCCCCCCCCCCCCCCCCC)OC(=O)CCCCCCCCCCCCCCCC. The van der Waals surface area contributed by atoms with Crippen LogP contribution in [0.2, 0.25) is 0 Å². The number of allylic oxidation sites excluding steroid dienone is 2. The lowest BCUT2D eigenvalue weighted by atomic mass is 10.0. The van der Waals surface area contributed by atoms with Gasteiger partial charge in [0.05, 0.1) is 25.2 Å². The van der Waals surface area contributed by atoms with Gasteiger partial charge in [-0.1, -0.05) is 283 Å². The first kappa shape index (κ1) is 64.6. The summed E-state index contributed by atoms with van der Waals surface area (Å²) >= 11 is 0. The zero-order chi connectivity index (χ0) is 48.1. The van der Waals surface area contributed by atoms with Crippen LogP contribution in [0.15, 0.2) is 12.2 Å². The molecule has 6 nitrogen and oxygen atoms in total. The largest absolute Gasteiger partial charge is 0.462 e. The second kappa shape index (κ2) is 54.5. The molecule has 0 heterocycles. The minimum Gasteiger partial charge on any atom is -0.462 e. The standard InChI is InChI=1S/C60H117NO5/c1-4-7-10-13-16-19-22-25-28-30-31-33-36-39-42-45-48-51-56(66-60(65)53-50-47-44-41-38-35-27-24-21-18-15-12-9-6-3)54-59(64)61-57(55-62)58(63)52-49-46-43-40-37-34-32-29-26-23-20-17-14-11-8-5-2/h25,28,56-58,62-63H,4-24,26-27,29-55H2,1-3H3,(H,61,64)/b28-25+. The third-order valence-electron chi connectivity index (χ3n) is 14.1. The van der Waals surface area contributed by atoms with E-state index in [0.717, 1.165) is 51.4 Å². The Balaban J connectivity index is 4.50. The number of aliphatic hydroxyl groups excluding tert-OH is 2. The highest BCUT2D eigenvalue weighted by molar-refractivity contribution is 5.77. The van der Waals surface area contributed by atoms with Crippen molar-refractivity contribution in [1.82, 2.24) is 5.32 Å². The van der Waals surface area contributed by atoms with Crippen LogP contribution in [0.3, 0.4) is 0 Å². The van der Waals surface area contributed by atoms with Gasteiger partial charge in [0.1, 0.15) is 6.10 Å². The molecule has 0 saturated heterocycles. The number of rotatable bonds is 55. The molecule has 3 unspecified atom stereocenters. The average molecular weight is 933 g/mol. The van der Waals surface area contributed by atoms with Gasteiger partial charge in [0.15, 0.2) is 0 Å².